The highest BCUT2D eigenvalue weighted by molar-refractivity contribution is 5.88. The van der Waals surface area contributed by atoms with E-state index in [1.165, 1.54) is 6.42 Å². The largest absolute Gasteiger partial charge is 0.376 e. The van der Waals surface area contributed by atoms with Gasteiger partial charge in [-0.1, -0.05) is 6.07 Å². The number of amides is 2. The summed E-state index contributed by atoms with van der Waals surface area (Å²) in [5, 5.41) is 2.75. The van der Waals surface area contributed by atoms with E-state index in [2.05, 4.69) is 10.3 Å². The summed E-state index contributed by atoms with van der Waals surface area (Å²) in [5.74, 6) is 0.568. The number of aromatic nitrogens is 1. The lowest BCUT2D eigenvalue weighted by molar-refractivity contribution is 0.00463. The van der Waals surface area contributed by atoms with E-state index in [1.807, 2.05) is 12.1 Å². The van der Waals surface area contributed by atoms with Crippen LogP contribution in [0.1, 0.15) is 19.3 Å². The van der Waals surface area contributed by atoms with Gasteiger partial charge in [0.15, 0.2) is 0 Å². The fraction of sp³-hybridized carbons (Fsp3) is 0.538. The van der Waals surface area contributed by atoms with Crippen molar-refractivity contribution in [1.29, 1.82) is 0 Å². The third kappa shape index (κ3) is 3.70. The maximum absolute atomic E-state index is 11.9. The maximum Gasteiger partial charge on any atom is 0.322 e. The van der Waals surface area contributed by atoms with E-state index >= 15 is 0 Å². The van der Waals surface area contributed by atoms with Crippen LogP contribution in [0.3, 0.4) is 0 Å². The molecule has 1 saturated heterocycles. The molecule has 1 aromatic rings. The summed E-state index contributed by atoms with van der Waals surface area (Å²) in [6.07, 6.45) is 5.15. The van der Waals surface area contributed by atoms with Crippen LogP contribution in [0.15, 0.2) is 24.4 Å². The number of likely N-dealkylation sites (N-methyl/N-ethyl adjacent to an activating group) is 1. The molecular formula is C13H19N3O2. The van der Waals surface area contributed by atoms with Crippen LogP contribution in [-0.2, 0) is 4.74 Å². The fourth-order valence-corrected chi connectivity index (χ4v) is 1.98. The second-order valence-electron chi connectivity index (χ2n) is 4.51. The molecule has 0 radical (unpaired) electrons. The third-order valence-corrected chi connectivity index (χ3v) is 3.00. The predicted molar refractivity (Wildman–Crippen MR) is 69.5 cm³/mol. The zero-order chi connectivity index (χ0) is 12.8. The van der Waals surface area contributed by atoms with Crippen LogP contribution in [0.2, 0.25) is 0 Å². The molecule has 5 heteroatoms. The number of pyridine rings is 1. The van der Waals surface area contributed by atoms with E-state index in [0.717, 1.165) is 19.4 Å². The highest BCUT2D eigenvalue weighted by atomic mass is 16.5. The van der Waals surface area contributed by atoms with Crippen molar-refractivity contribution in [3.63, 3.8) is 0 Å². The Morgan fingerprint density at radius 3 is 3.11 bits per heavy atom. The number of ether oxygens (including phenoxy) is 1. The first-order chi connectivity index (χ1) is 8.75. The van der Waals surface area contributed by atoms with Crippen molar-refractivity contribution >= 4 is 11.8 Å². The molecule has 0 saturated carbocycles. The summed E-state index contributed by atoms with van der Waals surface area (Å²) < 4.78 is 5.61. The van der Waals surface area contributed by atoms with Crippen molar-refractivity contribution in [2.24, 2.45) is 0 Å². The first kappa shape index (κ1) is 12.8. The van der Waals surface area contributed by atoms with Crippen LogP contribution in [0, 0.1) is 0 Å². The summed E-state index contributed by atoms with van der Waals surface area (Å²) in [6.45, 7) is 1.43. The van der Waals surface area contributed by atoms with Crippen LogP contribution < -0.4 is 5.32 Å². The van der Waals surface area contributed by atoms with Gasteiger partial charge >= 0.3 is 6.03 Å². The number of carbonyl (C=O) groups is 1. The normalized spacial score (nSPS) is 19.3. The summed E-state index contributed by atoms with van der Waals surface area (Å²) in [7, 11) is 1.77. The topological polar surface area (TPSA) is 54.5 Å². The molecule has 0 spiro atoms. The van der Waals surface area contributed by atoms with E-state index in [0.29, 0.717) is 12.4 Å². The standard InChI is InChI=1S/C13H19N3O2/c1-16(10-11-6-3-5-9-18-11)13(17)15-12-7-2-4-8-14-12/h2,4,7-8,11H,3,5-6,9-10H2,1H3,(H,14,15,17). The number of rotatable bonds is 3. The summed E-state index contributed by atoms with van der Waals surface area (Å²) in [4.78, 5) is 17.6. The molecule has 2 heterocycles. The van der Waals surface area contributed by atoms with Gasteiger partial charge in [-0.25, -0.2) is 9.78 Å². The van der Waals surface area contributed by atoms with Crippen LogP contribution in [0.25, 0.3) is 0 Å². The van der Waals surface area contributed by atoms with Gasteiger partial charge in [-0.3, -0.25) is 5.32 Å². The Labute approximate surface area is 107 Å². The predicted octanol–water partition coefficient (Wildman–Crippen LogP) is 2.11. The number of carbonyl (C=O) groups excluding carboxylic acids is 1. The second kappa shape index (κ2) is 6.35. The zero-order valence-electron chi connectivity index (χ0n) is 10.6. The maximum atomic E-state index is 11.9. The Morgan fingerprint density at radius 2 is 2.44 bits per heavy atom. The molecule has 1 N–H and O–H groups in total. The Morgan fingerprint density at radius 1 is 1.56 bits per heavy atom. The lowest BCUT2D eigenvalue weighted by Crippen LogP contribution is -2.39. The van der Waals surface area contributed by atoms with E-state index < -0.39 is 0 Å². The molecule has 1 atom stereocenters. The van der Waals surface area contributed by atoms with Crippen molar-refractivity contribution in [3.8, 4) is 0 Å². The van der Waals surface area contributed by atoms with Crippen LogP contribution >= 0.6 is 0 Å². The first-order valence-corrected chi connectivity index (χ1v) is 6.30. The van der Waals surface area contributed by atoms with Crippen LogP contribution in [0.4, 0.5) is 10.6 Å². The lowest BCUT2D eigenvalue weighted by atomic mass is 10.1. The molecule has 1 aliphatic rings. The molecule has 0 bridgehead atoms. The lowest BCUT2D eigenvalue weighted by Gasteiger charge is -2.27. The summed E-state index contributed by atoms with van der Waals surface area (Å²) in [6, 6.07) is 5.27. The number of hydrogen-bond acceptors (Lipinski definition) is 3. The Hall–Kier alpha value is -1.62. The smallest absolute Gasteiger partial charge is 0.322 e. The molecule has 2 amide bonds. The van der Waals surface area contributed by atoms with Gasteiger partial charge in [0.1, 0.15) is 5.82 Å². The molecule has 18 heavy (non-hydrogen) atoms. The number of nitrogens with zero attached hydrogens (tertiary/aromatic N) is 2. The third-order valence-electron chi connectivity index (χ3n) is 3.00. The zero-order valence-corrected chi connectivity index (χ0v) is 10.6. The number of nitrogens with one attached hydrogen (secondary N) is 1. The van der Waals surface area contributed by atoms with E-state index in [1.54, 1.807) is 24.2 Å². The van der Waals surface area contributed by atoms with E-state index in [-0.39, 0.29) is 12.1 Å². The molecule has 0 aliphatic carbocycles. The van der Waals surface area contributed by atoms with Gasteiger partial charge in [-0.2, -0.15) is 0 Å². The summed E-state index contributed by atoms with van der Waals surface area (Å²) in [5.41, 5.74) is 0. The Balaban J connectivity index is 1.81. The highest BCUT2D eigenvalue weighted by Gasteiger charge is 2.18. The summed E-state index contributed by atoms with van der Waals surface area (Å²) >= 11 is 0. The quantitative estimate of drug-likeness (QED) is 0.892. The minimum absolute atomic E-state index is 0.150. The SMILES string of the molecule is CN(CC1CCCCO1)C(=O)Nc1ccccn1. The van der Waals surface area contributed by atoms with Gasteiger partial charge in [0, 0.05) is 26.4 Å². The average molecular weight is 249 g/mol. The van der Waals surface area contributed by atoms with Crippen molar-refractivity contribution in [2.75, 3.05) is 25.5 Å². The molecule has 98 valence electrons. The number of hydrogen-bond donors (Lipinski definition) is 1. The van der Waals surface area contributed by atoms with Gasteiger partial charge in [-0.05, 0) is 31.4 Å². The van der Waals surface area contributed by atoms with E-state index in [4.69, 9.17) is 4.74 Å². The first-order valence-electron chi connectivity index (χ1n) is 6.30. The van der Waals surface area contributed by atoms with Crippen LogP contribution in [0.5, 0.6) is 0 Å². The molecule has 0 aromatic carbocycles. The molecular weight excluding hydrogens is 230 g/mol. The van der Waals surface area contributed by atoms with E-state index in [9.17, 15) is 4.79 Å². The molecule has 1 aliphatic heterocycles. The van der Waals surface area contributed by atoms with Crippen molar-refractivity contribution in [1.82, 2.24) is 9.88 Å². The molecule has 1 fully saturated rings. The average Bonchev–Trinajstić information content (AvgIpc) is 2.41. The van der Waals surface area contributed by atoms with Gasteiger partial charge in [0.05, 0.1) is 6.10 Å². The minimum Gasteiger partial charge on any atom is -0.376 e. The number of anilines is 1. The molecule has 2 rings (SSSR count). The Kier molecular flexibility index (Phi) is 4.52. The van der Waals surface area contributed by atoms with Crippen molar-refractivity contribution in [2.45, 2.75) is 25.4 Å². The van der Waals surface area contributed by atoms with Gasteiger partial charge < -0.3 is 9.64 Å². The van der Waals surface area contributed by atoms with Gasteiger partial charge in [0.2, 0.25) is 0 Å². The van der Waals surface area contributed by atoms with Crippen molar-refractivity contribution in [3.05, 3.63) is 24.4 Å². The fourth-order valence-electron chi connectivity index (χ4n) is 1.98. The monoisotopic (exact) mass is 249 g/mol. The van der Waals surface area contributed by atoms with Gasteiger partial charge in [0.25, 0.3) is 0 Å². The molecule has 5 nitrogen and oxygen atoms in total. The highest BCUT2D eigenvalue weighted by Crippen LogP contribution is 2.13. The number of urea groups is 1. The second-order valence-corrected chi connectivity index (χ2v) is 4.51. The van der Waals surface area contributed by atoms with Crippen LogP contribution in [-0.4, -0.2) is 42.2 Å². The minimum atomic E-state index is -0.150. The molecule has 1 aromatic heterocycles. The van der Waals surface area contributed by atoms with Gasteiger partial charge in [-0.15, -0.1) is 0 Å². The Bertz CT molecular complexity index is 377. The van der Waals surface area contributed by atoms with Crippen molar-refractivity contribution < 1.29 is 9.53 Å². The molecule has 1 unspecified atom stereocenters.